The van der Waals surface area contributed by atoms with E-state index >= 15 is 0 Å². The zero-order valence-corrected chi connectivity index (χ0v) is 20.3. The highest BCUT2D eigenvalue weighted by Crippen LogP contribution is 2.48. The lowest BCUT2D eigenvalue weighted by atomic mass is 9.68. The number of hydrogen-bond acceptors (Lipinski definition) is 2. The molecule has 4 heteroatoms. The maximum Gasteiger partial charge on any atom is 0.229 e. The third-order valence-corrected chi connectivity index (χ3v) is 7.07. The second kappa shape index (κ2) is 9.17. The molecule has 3 aromatic carbocycles. The van der Waals surface area contributed by atoms with Crippen molar-refractivity contribution >= 4 is 16.7 Å². The smallest absolute Gasteiger partial charge is 0.229 e. The number of fused-ring (bicyclic) bond motifs is 1. The van der Waals surface area contributed by atoms with Crippen LogP contribution in [0.5, 0.6) is 5.75 Å². The van der Waals surface area contributed by atoms with Gasteiger partial charge in [0.1, 0.15) is 11.6 Å². The molecule has 3 unspecified atom stereocenters. The summed E-state index contributed by atoms with van der Waals surface area (Å²) in [5.41, 5.74) is 1.10. The average Bonchev–Trinajstić information content (AvgIpc) is 2.79. The van der Waals surface area contributed by atoms with Crippen molar-refractivity contribution in [2.24, 2.45) is 17.3 Å². The number of carbonyl (C=O) groups is 1. The number of benzene rings is 3. The summed E-state index contributed by atoms with van der Waals surface area (Å²) in [5, 5.41) is 2.14. The number of piperidine rings is 1. The van der Waals surface area contributed by atoms with E-state index in [0.717, 1.165) is 47.2 Å². The molecule has 1 aliphatic rings. The molecule has 33 heavy (non-hydrogen) atoms. The van der Waals surface area contributed by atoms with E-state index in [1.165, 1.54) is 12.1 Å². The molecule has 3 atom stereocenters. The van der Waals surface area contributed by atoms with Crippen LogP contribution in [-0.4, -0.2) is 31.0 Å². The van der Waals surface area contributed by atoms with Gasteiger partial charge in [0.25, 0.3) is 0 Å². The van der Waals surface area contributed by atoms with Crippen LogP contribution in [0.2, 0.25) is 0 Å². The van der Waals surface area contributed by atoms with Gasteiger partial charge in [0.15, 0.2) is 0 Å². The van der Waals surface area contributed by atoms with Crippen molar-refractivity contribution in [1.82, 2.24) is 4.90 Å². The Labute approximate surface area is 196 Å². The molecule has 0 aromatic heterocycles. The van der Waals surface area contributed by atoms with Crippen LogP contribution in [-0.2, 0) is 4.79 Å². The summed E-state index contributed by atoms with van der Waals surface area (Å²) in [6.07, 6.45) is 1.14. The Morgan fingerprint density at radius 3 is 2.27 bits per heavy atom. The Bertz CT molecular complexity index is 1130. The lowest BCUT2D eigenvalue weighted by Gasteiger charge is -2.43. The normalized spacial score (nSPS) is 20.0. The highest BCUT2D eigenvalue weighted by molar-refractivity contribution is 5.91. The molecule has 1 saturated heterocycles. The van der Waals surface area contributed by atoms with Crippen molar-refractivity contribution in [2.45, 2.75) is 40.0 Å². The van der Waals surface area contributed by atoms with E-state index in [0.29, 0.717) is 11.8 Å². The van der Waals surface area contributed by atoms with Crippen LogP contribution in [0, 0.1) is 23.1 Å². The van der Waals surface area contributed by atoms with Gasteiger partial charge in [-0.1, -0.05) is 70.2 Å². The topological polar surface area (TPSA) is 29.5 Å². The molecule has 0 spiro atoms. The van der Waals surface area contributed by atoms with Gasteiger partial charge in [0.05, 0.1) is 12.5 Å². The molecule has 1 amide bonds. The van der Waals surface area contributed by atoms with Gasteiger partial charge in [-0.25, -0.2) is 4.39 Å². The second-order valence-corrected chi connectivity index (χ2v) is 10.3. The maximum absolute atomic E-state index is 14.1. The fourth-order valence-electron chi connectivity index (χ4n) is 5.71. The van der Waals surface area contributed by atoms with E-state index in [-0.39, 0.29) is 17.6 Å². The Kier molecular flexibility index (Phi) is 6.47. The quantitative estimate of drug-likeness (QED) is 0.438. The minimum Gasteiger partial charge on any atom is -0.496 e. The van der Waals surface area contributed by atoms with Crippen LogP contribution >= 0.6 is 0 Å². The van der Waals surface area contributed by atoms with Crippen LogP contribution in [0.25, 0.3) is 10.8 Å². The number of amides is 1. The van der Waals surface area contributed by atoms with Crippen molar-refractivity contribution in [3.8, 4) is 5.75 Å². The number of carbonyl (C=O) groups excluding carboxylic acids is 1. The van der Waals surface area contributed by atoms with Crippen molar-refractivity contribution in [3.63, 3.8) is 0 Å². The number of ether oxygens (including phenoxy) is 1. The lowest BCUT2D eigenvalue weighted by Crippen LogP contribution is -2.50. The first-order valence-electron chi connectivity index (χ1n) is 11.8. The molecular formula is C29H34FNO2. The summed E-state index contributed by atoms with van der Waals surface area (Å²) in [6.45, 7) is 10.0. The Morgan fingerprint density at radius 2 is 1.64 bits per heavy atom. The van der Waals surface area contributed by atoms with Gasteiger partial charge in [0, 0.05) is 24.6 Å². The molecule has 3 nitrogen and oxygen atoms in total. The fraction of sp³-hybridized carbons (Fsp3) is 0.414. The molecular weight excluding hydrogens is 413 g/mol. The Hall–Kier alpha value is -2.88. The number of rotatable bonds is 5. The van der Waals surface area contributed by atoms with Gasteiger partial charge in [-0.2, -0.15) is 0 Å². The first-order valence-corrected chi connectivity index (χ1v) is 11.8. The first-order chi connectivity index (χ1) is 15.7. The second-order valence-electron chi connectivity index (χ2n) is 10.3. The van der Waals surface area contributed by atoms with Crippen molar-refractivity contribution in [3.05, 3.63) is 77.6 Å². The van der Waals surface area contributed by atoms with Crippen molar-refractivity contribution in [1.29, 1.82) is 0 Å². The summed E-state index contributed by atoms with van der Waals surface area (Å²) in [6, 6.07) is 18.8. The molecule has 1 heterocycles. The zero-order chi connectivity index (χ0) is 23.8. The van der Waals surface area contributed by atoms with E-state index in [1.807, 2.05) is 43.0 Å². The van der Waals surface area contributed by atoms with Crippen LogP contribution < -0.4 is 4.74 Å². The van der Waals surface area contributed by atoms with Crippen LogP contribution in [0.3, 0.4) is 0 Å². The van der Waals surface area contributed by atoms with Crippen molar-refractivity contribution < 1.29 is 13.9 Å². The predicted octanol–water partition coefficient (Wildman–Crippen LogP) is 6.65. The van der Waals surface area contributed by atoms with E-state index in [1.54, 1.807) is 19.2 Å². The lowest BCUT2D eigenvalue weighted by molar-refractivity contribution is -0.144. The summed E-state index contributed by atoms with van der Waals surface area (Å²) >= 11 is 0. The minimum absolute atomic E-state index is 0.130. The first kappa shape index (κ1) is 23.3. The molecule has 174 valence electrons. The van der Waals surface area contributed by atoms with Crippen LogP contribution in [0.15, 0.2) is 60.7 Å². The third kappa shape index (κ3) is 4.48. The molecule has 0 saturated carbocycles. The monoisotopic (exact) mass is 447 g/mol. The highest BCUT2D eigenvalue weighted by Gasteiger charge is 2.44. The van der Waals surface area contributed by atoms with E-state index in [9.17, 15) is 9.18 Å². The fourth-order valence-corrected chi connectivity index (χ4v) is 5.71. The van der Waals surface area contributed by atoms with E-state index in [4.69, 9.17) is 4.74 Å². The van der Waals surface area contributed by atoms with Crippen LogP contribution in [0.4, 0.5) is 4.39 Å². The van der Waals surface area contributed by atoms with Crippen LogP contribution in [0.1, 0.15) is 51.2 Å². The van der Waals surface area contributed by atoms with Gasteiger partial charge in [0.2, 0.25) is 5.91 Å². The summed E-state index contributed by atoms with van der Waals surface area (Å²) < 4.78 is 19.7. The van der Waals surface area contributed by atoms with Gasteiger partial charge in [-0.05, 0) is 52.8 Å². The van der Waals surface area contributed by atoms with Gasteiger partial charge in [-0.3, -0.25) is 4.79 Å². The average molecular weight is 448 g/mol. The molecule has 0 bridgehead atoms. The zero-order valence-electron chi connectivity index (χ0n) is 20.3. The number of nitrogens with zero attached hydrogens (tertiary/aromatic N) is 1. The maximum atomic E-state index is 14.1. The molecule has 1 aliphatic heterocycles. The largest absolute Gasteiger partial charge is 0.496 e. The summed E-state index contributed by atoms with van der Waals surface area (Å²) in [4.78, 5) is 16.1. The Balaban J connectivity index is 1.91. The number of methoxy groups -OCH3 is 1. The van der Waals surface area contributed by atoms with E-state index in [2.05, 4.69) is 26.0 Å². The van der Waals surface area contributed by atoms with Gasteiger partial charge in [-0.15, -0.1) is 0 Å². The minimum atomic E-state index is -0.772. The summed E-state index contributed by atoms with van der Waals surface area (Å²) in [5.74, 6) is 1.23. The third-order valence-electron chi connectivity index (χ3n) is 7.07. The molecule has 0 aliphatic carbocycles. The number of likely N-dealkylation sites (tertiary alicyclic amines) is 1. The highest BCUT2D eigenvalue weighted by atomic mass is 19.1. The summed E-state index contributed by atoms with van der Waals surface area (Å²) in [7, 11) is 1.66. The number of halogens is 1. The molecule has 0 N–H and O–H groups in total. The van der Waals surface area contributed by atoms with E-state index < -0.39 is 5.41 Å². The van der Waals surface area contributed by atoms with Gasteiger partial charge >= 0.3 is 0 Å². The molecule has 0 radical (unpaired) electrons. The van der Waals surface area contributed by atoms with Crippen molar-refractivity contribution in [2.75, 3.05) is 20.2 Å². The molecule has 1 fully saturated rings. The molecule has 3 aromatic rings. The Morgan fingerprint density at radius 1 is 1.00 bits per heavy atom. The SMILES string of the molecule is COc1ccc2ccccc2c1C(c1ccc(F)cc1)C(C)(C)C(=O)N1CC(C)CC(C)C1. The number of hydrogen-bond donors (Lipinski definition) is 0. The van der Waals surface area contributed by atoms with Gasteiger partial charge < -0.3 is 9.64 Å². The molecule has 4 rings (SSSR count). The standard InChI is InChI=1S/C29H34FNO2/c1-19-16-20(2)18-31(17-19)28(32)29(3,4)27(22-10-13-23(30)14-11-22)26-24-9-7-6-8-21(24)12-15-25(26)33-5/h6-15,19-20,27H,16-18H2,1-5H3. The predicted molar refractivity (Wildman–Crippen MR) is 132 cm³/mol.